The zero-order chi connectivity index (χ0) is 10.6. The van der Waals surface area contributed by atoms with Crippen LogP contribution in [0.3, 0.4) is 0 Å². The molecule has 0 aromatic heterocycles. The highest BCUT2D eigenvalue weighted by Gasteiger charge is 2.03. The molecule has 0 spiro atoms. The molecule has 1 rings (SSSR count). The van der Waals surface area contributed by atoms with Crippen LogP contribution in [0.4, 0.5) is 0 Å². The summed E-state index contributed by atoms with van der Waals surface area (Å²) in [6, 6.07) is 8.44. The normalized spacial score (nSPS) is 10.6. The van der Waals surface area contributed by atoms with Crippen LogP contribution in [-0.2, 0) is 0 Å². The Morgan fingerprint density at radius 3 is 2.64 bits per heavy atom. The van der Waals surface area contributed by atoms with Gasteiger partial charge in [0.2, 0.25) is 0 Å². The number of aryl methyl sites for hydroxylation is 1. The second-order valence-electron chi connectivity index (χ2n) is 3.34. The fraction of sp³-hybridized carbons (Fsp3) is 0.364. The predicted molar refractivity (Wildman–Crippen MR) is 72.4 cm³/mol. The quantitative estimate of drug-likeness (QED) is 0.553. The van der Waals surface area contributed by atoms with Crippen LogP contribution >= 0.6 is 35.7 Å². The molecular weight excluding hydrogens is 228 g/mol. The fourth-order valence-corrected chi connectivity index (χ4v) is 3.88. The molecule has 0 aliphatic carbocycles. The van der Waals surface area contributed by atoms with Crippen molar-refractivity contribution in [2.45, 2.75) is 30.9 Å². The molecule has 0 atom stereocenters. The first-order chi connectivity index (χ1) is 6.58. The summed E-state index contributed by atoms with van der Waals surface area (Å²) < 4.78 is 1.01. The lowest BCUT2D eigenvalue weighted by molar-refractivity contribution is 1.12. The monoisotopic (exact) mass is 242 g/mol. The standard InChI is InChI=1S/C11H14S3/c1-8(2)13-11(12)14-10-6-4-5-9(3)7-10/h4-8H,1-3H3. The van der Waals surface area contributed by atoms with Crippen LogP contribution in [0.2, 0.25) is 0 Å². The molecule has 0 nitrogen and oxygen atoms in total. The molecule has 14 heavy (non-hydrogen) atoms. The Labute approximate surface area is 99.9 Å². The zero-order valence-electron chi connectivity index (χ0n) is 8.61. The smallest absolute Gasteiger partial charge is 0.105 e. The topological polar surface area (TPSA) is 0 Å². The van der Waals surface area contributed by atoms with E-state index >= 15 is 0 Å². The van der Waals surface area contributed by atoms with E-state index in [0.29, 0.717) is 5.25 Å². The third-order valence-corrected chi connectivity index (χ3v) is 3.92. The molecule has 1 aromatic rings. The molecule has 0 saturated carbocycles. The summed E-state index contributed by atoms with van der Waals surface area (Å²) >= 11 is 8.71. The maximum Gasteiger partial charge on any atom is 0.109 e. The molecule has 0 N–H and O–H groups in total. The predicted octanol–water partition coefficient (Wildman–Crippen LogP) is 4.51. The summed E-state index contributed by atoms with van der Waals surface area (Å²) in [4.78, 5) is 1.24. The van der Waals surface area contributed by atoms with Gasteiger partial charge in [-0.1, -0.05) is 55.5 Å². The average molecular weight is 242 g/mol. The third kappa shape index (κ3) is 4.49. The van der Waals surface area contributed by atoms with Gasteiger partial charge in [-0.3, -0.25) is 0 Å². The van der Waals surface area contributed by atoms with Crippen molar-refractivity contribution in [2.75, 3.05) is 0 Å². The molecule has 0 aliphatic rings. The van der Waals surface area contributed by atoms with Crippen LogP contribution in [0, 0.1) is 6.92 Å². The first-order valence-corrected chi connectivity index (χ1v) is 6.63. The molecule has 1 aromatic carbocycles. The largest absolute Gasteiger partial charge is 0.109 e. The Hall–Kier alpha value is 0.01000. The maximum absolute atomic E-state index is 5.28. The molecule has 0 aliphatic heterocycles. The van der Waals surface area contributed by atoms with Gasteiger partial charge in [0.25, 0.3) is 0 Å². The van der Waals surface area contributed by atoms with Crippen molar-refractivity contribution < 1.29 is 0 Å². The Morgan fingerprint density at radius 2 is 2.07 bits per heavy atom. The van der Waals surface area contributed by atoms with Gasteiger partial charge < -0.3 is 0 Å². The summed E-state index contributed by atoms with van der Waals surface area (Å²) in [5.41, 5.74) is 1.28. The SMILES string of the molecule is Cc1cccc(SC(=S)SC(C)C)c1. The number of rotatable bonds is 2. The minimum Gasteiger partial charge on any atom is -0.105 e. The summed E-state index contributed by atoms with van der Waals surface area (Å²) in [5.74, 6) is 0. The highest BCUT2D eigenvalue weighted by molar-refractivity contribution is 8.47. The Balaban J connectivity index is 2.56. The first kappa shape index (κ1) is 12.1. The van der Waals surface area contributed by atoms with E-state index < -0.39 is 0 Å². The van der Waals surface area contributed by atoms with Crippen LogP contribution in [0.15, 0.2) is 29.2 Å². The Kier molecular flexibility index (Phi) is 4.99. The molecule has 0 amide bonds. The van der Waals surface area contributed by atoms with Crippen molar-refractivity contribution in [1.82, 2.24) is 0 Å². The van der Waals surface area contributed by atoms with E-state index in [2.05, 4.69) is 45.0 Å². The van der Waals surface area contributed by atoms with Crippen molar-refractivity contribution in [2.24, 2.45) is 0 Å². The highest BCUT2D eigenvalue weighted by Crippen LogP contribution is 2.28. The van der Waals surface area contributed by atoms with Crippen molar-refractivity contribution in [1.29, 1.82) is 0 Å². The van der Waals surface area contributed by atoms with Crippen LogP contribution in [0.1, 0.15) is 19.4 Å². The molecule has 76 valence electrons. The summed E-state index contributed by atoms with van der Waals surface area (Å²) in [5, 5.41) is 0.569. The molecule has 3 heteroatoms. The van der Waals surface area contributed by atoms with Crippen LogP contribution < -0.4 is 0 Å². The van der Waals surface area contributed by atoms with E-state index in [0.717, 1.165) is 3.53 Å². The number of thiocarbonyl (C=S) groups is 1. The maximum atomic E-state index is 5.28. The van der Waals surface area contributed by atoms with E-state index in [1.165, 1.54) is 10.5 Å². The number of hydrogen-bond donors (Lipinski definition) is 0. The van der Waals surface area contributed by atoms with Gasteiger partial charge in [0.05, 0.1) is 0 Å². The van der Waals surface area contributed by atoms with Gasteiger partial charge >= 0.3 is 0 Å². The second-order valence-corrected chi connectivity index (χ2v) is 7.19. The lowest BCUT2D eigenvalue weighted by Gasteiger charge is -2.06. The zero-order valence-corrected chi connectivity index (χ0v) is 11.1. The minimum absolute atomic E-state index is 0.569. The van der Waals surface area contributed by atoms with Crippen molar-refractivity contribution in [3.05, 3.63) is 29.8 Å². The third-order valence-electron chi connectivity index (χ3n) is 1.52. The van der Waals surface area contributed by atoms with Gasteiger partial charge in [0, 0.05) is 10.1 Å². The van der Waals surface area contributed by atoms with Gasteiger partial charge in [-0.2, -0.15) is 0 Å². The molecule has 0 heterocycles. The number of thioether (sulfide) groups is 2. The number of benzene rings is 1. The Bertz CT molecular complexity index is 318. The number of hydrogen-bond acceptors (Lipinski definition) is 3. The van der Waals surface area contributed by atoms with E-state index in [1.807, 2.05) is 0 Å². The highest BCUT2D eigenvalue weighted by atomic mass is 32.2. The van der Waals surface area contributed by atoms with E-state index in [9.17, 15) is 0 Å². The van der Waals surface area contributed by atoms with Crippen molar-refractivity contribution in [3.63, 3.8) is 0 Å². The van der Waals surface area contributed by atoms with Crippen LogP contribution in [0.5, 0.6) is 0 Å². The van der Waals surface area contributed by atoms with Gasteiger partial charge in [0.1, 0.15) is 3.53 Å². The lowest BCUT2D eigenvalue weighted by Crippen LogP contribution is -1.91. The van der Waals surface area contributed by atoms with E-state index in [-0.39, 0.29) is 0 Å². The first-order valence-electron chi connectivity index (χ1n) is 4.53. The summed E-state index contributed by atoms with van der Waals surface area (Å²) in [6.45, 7) is 6.42. The van der Waals surface area contributed by atoms with Crippen molar-refractivity contribution in [3.8, 4) is 0 Å². The average Bonchev–Trinajstić information content (AvgIpc) is 2.01. The van der Waals surface area contributed by atoms with Gasteiger partial charge in [-0.25, -0.2) is 0 Å². The van der Waals surface area contributed by atoms with E-state index in [1.54, 1.807) is 23.5 Å². The summed E-state index contributed by atoms with van der Waals surface area (Å²) in [6.07, 6.45) is 0. The van der Waals surface area contributed by atoms with Gasteiger partial charge in [-0.05, 0) is 19.1 Å². The van der Waals surface area contributed by atoms with E-state index in [4.69, 9.17) is 12.2 Å². The van der Waals surface area contributed by atoms with Crippen molar-refractivity contribution >= 4 is 39.3 Å². The summed E-state index contributed by atoms with van der Waals surface area (Å²) in [7, 11) is 0. The van der Waals surface area contributed by atoms with Crippen LogP contribution in [-0.4, -0.2) is 8.78 Å². The molecule has 0 unspecified atom stereocenters. The molecule has 0 radical (unpaired) electrons. The molecule has 0 fully saturated rings. The minimum atomic E-state index is 0.569. The molecule has 0 saturated heterocycles. The Morgan fingerprint density at radius 1 is 1.36 bits per heavy atom. The fourth-order valence-electron chi connectivity index (χ4n) is 0.992. The van der Waals surface area contributed by atoms with Gasteiger partial charge in [0.15, 0.2) is 0 Å². The van der Waals surface area contributed by atoms with Crippen LogP contribution in [0.25, 0.3) is 0 Å². The van der Waals surface area contributed by atoms with Gasteiger partial charge in [-0.15, -0.1) is 11.8 Å². The molecular formula is C11H14S3. The molecule has 0 bridgehead atoms. The lowest BCUT2D eigenvalue weighted by atomic mass is 10.2. The second kappa shape index (κ2) is 5.79.